The predicted molar refractivity (Wildman–Crippen MR) is 108 cm³/mol. The Morgan fingerprint density at radius 2 is 1.88 bits per heavy atom. The van der Waals surface area contributed by atoms with Gasteiger partial charge in [-0.1, -0.05) is 30.3 Å². The maximum absolute atomic E-state index is 12.5. The zero-order chi connectivity index (χ0) is 17.6. The monoisotopic (exact) mass is 366 g/mol. The summed E-state index contributed by atoms with van der Waals surface area (Å²) in [6.07, 6.45) is 0. The molecule has 1 N–H and O–H groups in total. The highest BCUT2D eigenvalue weighted by Crippen LogP contribution is 2.35. The Balaban J connectivity index is 1.69. The number of rotatable bonds is 3. The van der Waals surface area contributed by atoms with Gasteiger partial charge in [0.05, 0.1) is 10.6 Å². The molecule has 0 amide bonds. The molecule has 0 spiro atoms. The van der Waals surface area contributed by atoms with E-state index in [1.807, 2.05) is 19.9 Å². The number of fused-ring (bicyclic) bond motifs is 2. The molecular formula is C20H18N2OS2. The Morgan fingerprint density at radius 1 is 1.12 bits per heavy atom. The normalized spacial score (nSPS) is 12.8. The standard InChI is InChI=1S/C20H18N2OS2/c1-11-12(2)25-20-17(11)19(23)21-18(22-20)13(3)24-16-9-8-14-6-4-5-7-15(14)10-16/h4-10,13H,1-3H3,(H,21,22,23). The Kier molecular flexibility index (Phi) is 4.13. The van der Waals surface area contributed by atoms with Crippen molar-refractivity contribution in [3.8, 4) is 0 Å². The van der Waals surface area contributed by atoms with E-state index in [2.05, 4.69) is 48.3 Å². The second-order valence-corrected chi connectivity index (χ2v) is 8.80. The predicted octanol–water partition coefficient (Wildman–Crippen LogP) is 5.61. The Labute approximate surface area is 154 Å². The Morgan fingerprint density at radius 3 is 2.68 bits per heavy atom. The number of hydrogen-bond acceptors (Lipinski definition) is 4. The number of aromatic amines is 1. The Bertz CT molecular complexity index is 1140. The van der Waals surface area contributed by atoms with Crippen molar-refractivity contribution in [1.29, 1.82) is 0 Å². The van der Waals surface area contributed by atoms with Crippen molar-refractivity contribution in [2.45, 2.75) is 30.9 Å². The first-order valence-electron chi connectivity index (χ1n) is 8.18. The molecule has 0 fully saturated rings. The lowest BCUT2D eigenvalue weighted by molar-refractivity contribution is 0.925. The molecule has 126 valence electrons. The number of aromatic nitrogens is 2. The summed E-state index contributed by atoms with van der Waals surface area (Å²) in [5, 5.41) is 3.26. The fourth-order valence-corrected chi connectivity index (χ4v) is 4.97. The number of hydrogen-bond donors (Lipinski definition) is 1. The summed E-state index contributed by atoms with van der Waals surface area (Å²) in [6.45, 7) is 6.10. The first kappa shape index (κ1) is 16.4. The number of thiophene rings is 1. The lowest BCUT2D eigenvalue weighted by atomic mass is 10.1. The minimum Gasteiger partial charge on any atom is -0.309 e. The van der Waals surface area contributed by atoms with Crippen LogP contribution in [0.4, 0.5) is 0 Å². The Hall–Kier alpha value is -2.11. The van der Waals surface area contributed by atoms with E-state index in [-0.39, 0.29) is 10.8 Å². The van der Waals surface area contributed by atoms with Gasteiger partial charge in [0, 0.05) is 9.77 Å². The van der Waals surface area contributed by atoms with Crippen LogP contribution in [0.1, 0.15) is 28.4 Å². The summed E-state index contributed by atoms with van der Waals surface area (Å²) in [5.41, 5.74) is 1.00. The maximum atomic E-state index is 12.5. The fraction of sp³-hybridized carbons (Fsp3) is 0.200. The number of nitrogens with one attached hydrogen (secondary N) is 1. The maximum Gasteiger partial charge on any atom is 0.259 e. The fourth-order valence-electron chi connectivity index (χ4n) is 2.96. The quantitative estimate of drug-likeness (QED) is 0.480. The van der Waals surface area contributed by atoms with Crippen LogP contribution < -0.4 is 5.56 Å². The molecule has 0 aliphatic rings. The molecule has 4 rings (SSSR count). The highest BCUT2D eigenvalue weighted by Gasteiger charge is 2.16. The van der Waals surface area contributed by atoms with Crippen LogP contribution in [0.2, 0.25) is 0 Å². The van der Waals surface area contributed by atoms with Gasteiger partial charge in [-0.3, -0.25) is 4.79 Å². The molecule has 25 heavy (non-hydrogen) atoms. The minimum absolute atomic E-state index is 0.0344. The molecule has 5 heteroatoms. The first-order valence-corrected chi connectivity index (χ1v) is 9.88. The summed E-state index contributed by atoms with van der Waals surface area (Å²) in [5.74, 6) is 0.733. The zero-order valence-corrected chi connectivity index (χ0v) is 15.9. The molecule has 2 heterocycles. The van der Waals surface area contributed by atoms with Crippen molar-refractivity contribution in [3.05, 3.63) is 69.1 Å². The van der Waals surface area contributed by atoms with Crippen molar-refractivity contribution in [3.63, 3.8) is 0 Å². The number of benzene rings is 2. The third-order valence-corrected chi connectivity index (χ3v) is 6.68. The molecule has 4 aromatic rings. The SMILES string of the molecule is Cc1sc2nc(C(C)Sc3ccc4ccccc4c3)[nH]c(=O)c2c1C. The van der Waals surface area contributed by atoms with E-state index in [4.69, 9.17) is 4.98 Å². The van der Waals surface area contributed by atoms with Gasteiger partial charge in [-0.2, -0.15) is 0 Å². The molecule has 1 atom stereocenters. The molecule has 0 bridgehead atoms. The average molecular weight is 367 g/mol. The third kappa shape index (κ3) is 2.98. The van der Waals surface area contributed by atoms with Gasteiger partial charge in [-0.15, -0.1) is 23.1 Å². The average Bonchev–Trinajstić information content (AvgIpc) is 2.89. The summed E-state index contributed by atoms with van der Waals surface area (Å²) >= 11 is 3.30. The van der Waals surface area contributed by atoms with Crippen LogP contribution in [0.15, 0.2) is 52.2 Å². The molecule has 0 aliphatic carbocycles. The number of aryl methyl sites for hydroxylation is 2. The van der Waals surface area contributed by atoms with E-state index in [0.717, 1.165) is 26.5 Å². The highest BCUT2D eigenvalue weighted by molar-refractivity contribution is 7.99. The summed E-state index contributed by atoms with van der Waals surface area (Å²) < 4.78 is 0. The molecule has 0 aliphatic heterocycles. The van der Waals surface area contributed by atoms with Crippen LogP contribution >= 0.6 is 23.1 Å². The number of nitrogens with zero attached hydrogens (tertiary/aromatic N) is 1. The van der Waals surface area contributed by atoms with Gasteiger partial charge in [-0.05, 0) is 49.2 Å². The van der Waals surface area contributed by atoms with Gasteiger partial charge >= 0.3 is 0 Å². The second kappa shape index (κ2) is 6.32. The van der Waals surface area contributed by atoms with Crippen molar-refractivity contribution >= 4 is 44.1 Å². The van der Waals surface area contributed by atoms with Gasteiger partial charge in [0.25, 0.3) is 5.56 Å². The number of H-pyrrole nitrogens is 1. The lowest BCUT2D eigenvalue weighted by Crippen LogP contribution is -2.12. The van der Waals surface area contributed by atoms with Crippen molar-refractivity contribution in [1.82, 2.24) is 9.97 Å². The van der Waals surface area contributed by atoms with E-state index >= 15 is 0 Å². The van der Waals surface area contributed by atoms with Gasteiger partial charge < -0.3 is 4.98 Å². The molecule has 1 unspecified atom stereocenters. The van der Waals surface area contributed by atoms with Crippen LogP contribution in [0.25, 0.3) is 21.0 Å². The third-order valence-electron chi connectivity index (χ3n) is 4.48. The highest BCUT2D eigenvalue weighted by atomic mass is 32.2. The lowest BCUT2D eigenvalue weighted by Gasteiger charge is -2.11. The first-order chi connectivity index (χ1) is 12.0. The molecule has 0 saturated carbocycles. The zero-order valence-electron chi connectivity index (χ0n) is 14.3. The molecular weight excluding hydrogens is 348 g/mol. The largest absolute Gasteiger partial charge is 0.309 e. The molecule has 3 nitrogen and oxygen atoms in total. The minimum atomic E-state index is -0.0344. The summed E-state index contributed by atoms with van der Waals surface area (Å²) in [4.78, 5) is 23.3. The van der Waals surface area contributed by atoms with Crippen molar-refractivity contribution in [2.24, 2.45) is 0 Å². The van der Waals surface area contributed by atoms with Crippen LogP contribution in [0, 0.1) is 13.8 Å². The molecule has 0 radical (unpaired) electrons. The summed E-state index contributed by atoms with van der Waals surface area (Å²) in [6, 6.07) is 14.8. The van der Waals surface area contributed by atoms with Gasteiger partial charge in [0.2, 0.25) is 0 Å². The van der Waals surface area contributed by atoms with Crippen LogP contribution in [0.3, 0.4) is 0 Å². The smallest absolute Gasteiger partial charge is 0.259 e. The van der Waals surface area contributed by atoms with Gasteiger partial charge in [0.15, 0.2) is 0 Å². The van der Waals surface area contributed by atoms with E-state index in [0.29, 0.717) is 0 Å². The second-order valence-electron chi connectivity index (χ2n) is 6.18. The number of thioether (sulfide) groups is 1. The van der Waals surface area contributed by atoms with Crippen LogP contribution in [-0.4, -0.2) is 9.97 Å². The van der Waals surface area contributed by atoms with Gasteiger partial charge in [-0.25, -0.2) is 4.98 Å². The van der Waals surface area contributed by atoms with Crippen LogP contribution in [-0.2, 0) is 0 Å². The van der Waals surface area contributed by atoms with E-state index in [9.17, 15) is 4.79 Å². The van der Waals surface area contributed by atoms with E-state index < -0.39 is 0 Å². The molecule has 0 saturated heterocycles. The van der Waals surface area contributed by atoms with Crippen molar-refractivity contribution in [2.75, 3.05) is 0 Å². The van der Waals surface area contributed by atoms with Crippen molar-refractivity contribution < 1.29 is 0 Å². The topological polar surface area (TPSA) is 45.8 Å². The molecule has 2 aromatic carbocycles. The molecule has 2 aromatic heterocycles. The summed E-state index contributed by atoms with van der Waals surface area (Å²) in [7, 11) is 0. The van der Waals surface area contributed by atoms with Gasteiger partial charge in [0.1, 0.15) is 10.7 Å². The van der Waals surface area contributed by atoms with Crippen LogP contribution in [0.5, 0.6) is 0 Å². The van der Waals surface area contributed by atoms with E-state index in [1.54, 1.807) is 23.1 Å². The van der Waals surface area contributed by atoms with E-state index in [1.165, 1.54) is 15.7 Å².